The number of aromatic nitrogens is 2. The van der Waals surface area contributed by atoms with E-state index in [9.17, 15) is 4.79 Å². The first-order chi connectivity index (χ1) is 10.2. The lowest BCUT2D eigenvalue weighted by molar-refractivity contribution is -0.121. The molecule has 1 amide bonds. The molecule has 1 atom stereocenters. The van der Waals surface area contributed by atoms with Gasteiger partial charge in [0, 0.05) is 25.1 Å². The van der Waals surface area contributed by atoms with Crippen molar-refractivity contribution in [3.8, 4) is 0 Å². The third kappa shape index (κ3) is 4.86. The highest BCUT2D eigenvalue weighted by Crippen LogP contribution is 2.26. The van der Waals surface area contributed by atoms with Crippen molar-refractivity contribution in [3.63, 3.8) is 0 Å². The van der Waals surface area contributed by atoms with Gasteiger partial charge in [0.05, 0.1) is 10.3 Å². The van der Waals surface area contributed by atoms with Crippen LogP contribution in [0.1, 0.15) is 19.4 Å². The number of pyridine rings is 2. The number of carbonyl (C=O) groups is 1. The smallest absolute Gasteiger partial charge is 0.234 e. The molecule has 2 aromatic heterocycles. The zero-order chi connectivity index (χ0) is 15.1. The molecule has 4 nitrogen and oxygen atoms in total. The number of nitrogens with zero attached hydrogens (tertiary/aromatic N) is 2. The SMILES string of the molecule is CC(C)[C@@H](Sc1ccccn1)C(=O)NCc1cccnc1. The van der Waals surface area contributed by atoms with Crippen molar-refractivity contribution < 1.29 is 4.79 Å². The van der Waals surface area contributed by atoms with E-state index in [0.29, 0.717) is 6.54 Å². The minimum Gasteiger partial charge on any atom is -0.351 e. The Kier molecular flexibility index (Phi) is 5.75. The van der Waals surface area contributed by atoms with E-state index in [1.165, 1.54) is 11.8 Å². The third-order valence-corrected chi connectivity index (χ3v) is 4.43. The molecule has 2 aromatic rings. The molecule has 2 rings (SSSR count). The molecule has 0 saturated heterocycles. The molecule has 0 aliphatic carbocycles. The predicted octanol–water partition coefficient (Wildman–Crippen LogP) is 2.91. The van der Waals surface area contributed by atoms with Gasteiger partial charge in [-0.05, 0) is 29.7 Å². The second-order valence-corrected chi connectivity index (χ2v) is 6.19. The minimum absolute atomic E-state index is 0.0320. The summed E-state index contributed by atoms with van der Waals surface area (Å²) in [4.78, 5) is 20.7. The summed E-state index contributed by atoms with van der Waals surface area (Å²) < 4.78 is 0. The Hall–Kier alpha value is -1.88. The lowest BCUT2D eigenvalue weighted by Gasteiger charge is -2.19. The summed E-state index contributed by atoms with van der Waals surface area (Å²) >= 11 is 1.50. The van der Waals surface area contributed by atoms with Gasteiger partial charge in [-0.1, -0.05) is 37.7 Å². The molecule has 0 bridgehead atoms. The van der Waals surface area contributed by atoms with E-state index in [1.54, 1.807) is 18.6 Å². The molecule has 0 aromatic carbocycles. The molecule has 5 heteroatoms. The second kappa shape index (κ2) is 7.78. The van der Waals surface area contributed by atoms with Crippen LogP contribution in [0.3, 0.4) is 0 Å². The Labute approximate surface area is 129 Å². The van der Waals surface area contributed by atoms with Crippen LogP contribution in [0.2, 0.25) is 0 Å². The predicted molar refractivity (Wildman–Crippen MR) is 84.8 cm³/mol. The Morgan fingerprint density at radius 1 is 1.24 bits per heavy atom. The zero-order valence-electron chi connectivity index (χ0n) is 12.2. The topological polar surface area (TPSA) is 54.9 Å². The Morgan fingerprint density at radius 2 is 2.10 bits per heavy atom. The molecule has 21 heavy (non-hydrogen) atoms. The average molecular weight is 301 g/mol. The monoisotopic (exact) mass is 301 g/mol. The van der Waals surface area contributed by atoms with Crippen molar-refractivity contribution in [1.82, 2.24) is 15.3 Å². The molecular formula is C16H19N3OS. The maximum Gasteiger partial charge on any atom is 0.234 e. The zero-order valence-corrected chi connectivity index (χ0v) is 13.0. The number of thioether (sulfide) groups is 1. The maximum atomic E-state index is 12.4. The standard InChI is InChI=1S/C16H19N3OS/c1-12(2)15(21-14-7-3-4-9-18-14)16(20)19-11-13-6-5-8-17-10-13/h3-10,12,15H,11H2,1-2H3,(H,19,20)/t15-/m1/s1. The molecule has 0 aliphatic rings. The summed E-state index contributed by atoms with van der Waals surface area (Å²) in [6.07, 6.45) is 5.23. The van der Waals surface area contributed by atoms with E-state index >= 15 is 0 Å². The number of nitrogens with one attached hydrogen (secondary N) is 1. The van der Waals surface area contributed by atoms with Gasteiger partial charge in [-0.15, -0.1) is 0 Å². The molecule has 0 saturated carbocycles. The lowest BCUT2D eigenvalue weighted by Crippen LogP contribution is -2.35. The third-order valence-electron chi connectivity index (χ3n) is 2.94. The molecule has 2 heterocycles. The van der Waals surface area contributed by atoms with Crippen molar-refractivity contribution >= 4 is 17.7 Å². The molecule has 1 N–H and O–H groups in total. The Morgan fingerprint density at radius 3 is 2.71 bits per heavy atom. The van der Waals surface area contributed by atoms with E-state index in [-0.39, 0.29) is 17.1 Å². The summed E-state index contributed by atoms with van der Waals surface area (Å²) in [5.41, 5.74) is 0.996. The highest BCUT2D eigenvalue weighted by Gasteiger charge is 2.23. The largest absolute Gasteiger partial charge is 0.351 e. The van der Waals surface area contributed by atoms with Gasteiger partial charge >= 0.3 is 0 Å². The fourth-order valence-corrected chi connectivity index (χ4v) is 2.83. The maximum absolute atomic E-state index is 12.4. The van der Waals surface area contributed by atoms with E-state index < -0.39 is 0 Å². The quantitative estimate of drug-likeness (QED) is 0.834. The van der Waals surface area contributed by atoms with Crippen LogP contribution >= 0.6 is 11.8 Å². The van der Waals surface area contributed by atoms with Gasteiger partial charge in [0.25, 0.3) is 0 Å². The number of amides is 1. The number of carbonyl (C=O) groups excluding carboxylic acids is 1. The van der Waals surface area contributed by atoms with Crippen LogP contribution in [0, 0.1) is 5.92 Å². The van der Waals surface area contributed by atoms with Crippen LogP contribution in [0.25, 0.3) is 0 Å². The molecule has 0 spiro atoms. The van der Waals surface area contributed by atoms with E-state index in [4.69, 9.17) is 0 Å². The number of hydrogen-bond acceptors (Lipinski definition) is 4. The average Bonchev–Trinajstić information content (AvgIpc) is 2.52. The highest BCUT2D eigenvalue weighted by atomic mass is 32.2. The molecular weight excluding hydrogens is 282 g/mol. The van der Waals surface area contributed by atoms with Gasteiger partial charge in [-0.2, -0.15) is 0 Å². The van der Waals surface area contributed by atoms with Crippen LogP contribution in [0.15, 0.2) is 53.9 Å². The first kappa shape index (κ1) is 15.5. The van der Waals surface area contributed by atoms with Crippen molar-refractivity contribution in [2.45, 2.75) is 30.7 Å². The fraction of sp³-hybridized carbons (Fsp3) is 0.312. The van der Waals surface area contributed by atoms with E-state index in [2.05, 4.69) is 15.3 Å². The summed E-state index contributed by atoms with van der Waals surface area (Å²) in [7, 11) is 0. The molecule has 0 aliphatic heterocycles. The lowest BCUT2D eigenvalue weighted by atomic mass is 10.1. The molecule has 110 valence electrons. The van der Waals surface area contributed by atoms with Gasteiger partial charge in [-0.3, -0.25) is 9.78 Å². The fourth-order valence-electron chi connectivity index (χ4n) is 1.83. The van der Waals surface area contributed by atoms with Crippen LogP contribution in [-0.4, -0.2) is 21.1 Å². The van der Waals surface area contributed by atoms with Gasteiger partial charge < -0.3 is 5.32 Å². The molecule has 0 unspecified atom stereocenters. The van der Waals surface area contributed by atoms with Gasteiger partial charge in [0.1, 0.15) is 0 Å². The van der Waals surface area contributed by atoms with Crippen molar-refractivity contribution in [3.05, 3.63) is 54.5 Å². The molecule has 0 radical (unpaired) electrons. The second-order valence-electron chi connectivity index (χ2n) is 5.03. The summed E-state index contributed by atoms with van der Waals surface area (Å²) in [5, 5.41) is 3.69. The first-order valence-electron chi connectivity index (χ1n) is 6.91. The summed E-state index contributed by atoms with van der Waals surface area (Å²) in [6.45, 7) is 4.59. The summed E-state index contributed by atoms with van der Waals surface area (Å²) in [6, 6.07) is 9.54. The van der Waals surface area contributed by atoms with Gasteiger partial charge in [0.15, 0.2) is 0 Å². The number of rotatable bonds is 6. The van der Waals surface area contributed by atoms with Crippen molar-refractivity contribution in [2.75, 3.05) is 0 Å². The van der Waals surface area contributed by atoms with Crippen LogP contribution < -0.4 is 5.32 Å². The van der Waals surface area contributed by atoms with Gasteiger partial charge in [0.2, 0.25) is 5.91 Å². The van der Waals surface area contributed by atoms with E-state index in [0.717, 1.165) is 10.6 Å². The van der Waals surface area contributed by atoms with Gasteiger partial charge in [-0.25, -0.2) is 4.98 Å². The normalized spacial score (nSPS) is 12.1. The van der Waals surface area contributed by atoms with E-state index in [1.807, 2.05) is 44.2 Å². The van der Waals surface area contributed by atoms with Crippen LogP contribution in [0.4, 0.5) is 0 Å². The Bertz CT molecular complexity index is 560. The molecule has 0 fully saturated rings. The Balaban J connectivity index is 1.96. The first-order valence-corrected chi connectivity index (χ1v) is 7.79. The summed E-state index contributed by atoms with van der Waals surface area (Å²) in [5.74, 6) is 0.260. The highest BCUT2D eigenvalue weighted by molar-refractivity contribution is 8.00. The van der Waals surface area contributed by atoms with Crippen molar-refractivity contribution in [2.24, 2.45) is 5.92 Å². The van der Waals surface area contributed by atoms with Crippen molar-refractivity contribution in [1.29, 1.82) is 0 Å². The minimum atomic E-state index is -0.156. The van der Waals surface area contributed by atoms with Crippen LogP contribution in [0.5, 0.6) is 0 Å². The van der Waals surface area contributed by atoms with Crippen LogP contribution in [-0.2, 0) is 11.3 Å². The number of hydrogen-bond donors (Lipinski definition) is 1.